The first-order chi connectivity index (χ1) is 8.84. The number of benzene rings is 1. The SMILES string of the molecule is CC(N(C)Cc1cccc(C#CCO)c1)C(C)(C)C. The first-order valence-corrected chi connectivity index (χ1v) is 6.73. The summed E-state index contributed by atoms with van der Waals surface area (Å²) in [5.74, 6) is 5.63. The van der Waals surface area contributed by atoms with E-state index >= 15 is 0 Å². The van der Waals surface area contributed by atoms with Crippen molar-refractivity contribution in [3.63, 3.8) is 0 Å². The van der Waals surface area contributed by atoms with Crippen molar-refractivity contribution in [3.8, 4) is 11.8 Å². The molecule has 1 aromatic rings. The van der Waals surface area contributed by atoms with Crippen LogP contribution in [-0.2, 0) is 6.54 Å². The maximum absolute atomic E-state index is 8.72. The highest BCUT2D eigenvalue weighted by atomic mass is 16.2. The average Bonchev–Trinajstić information content (AvgIpc) is 2.34. The van der Waals surface area contributed by atoms with Crippen LogP contribution in [0, 0.1) is 17.3 Å². The van der Waals surface area contributed by atoms with Gasteiger partial charge in [-0.1, -0.05) is 44.7 Å². The highest BCUT2D eigenvalue weighted by Gasteiger charge is 2.23. The van der Waals surface area contributed by atoms with Gasteiger partial charge in [0, 0.05) is 18.2 Å². The molecule has 0 fully saturated rings. The van der Waals surface area contributed by atoms with Crippen LogP contribution in [0.15, 0.2) is 24.3 Å². The molecule has 1 unspecified atom stereocenters. The van der Waals surface area contributed by atoms with Gasteiger partial charge in [-0.15, -0.1) is 0 Å². The zero-order chi connectivity index (χ0) is 14.5. The Morgan fingerprint density at radius 1 is 1.32 bits per heavy atom. The Morgan fingerprint density at radius 3 is 2.58 bits per heavy atom. The second-order valence-corrected chi connectivity index (χ2v) is 6.12. The van der Waals surface area contributed by atoms with Crippen LogP contribution < -0.4 is 0 Å². The summed E-state index contributed by atoms with van der Waals surface area (Å²) >= 11 is 0. The molecule has 0 bridgehead atoms. The first kappa shape index (κ1) is 15.8. The molecule has 0 heterocycles. The van der Waals surface area contributed by atoms with Gasteiger partial charge in [0.2, 0.25) is 0 Å². The summed E-state index contributed by atoms with van der Waals surface area (Å²) in [7, 11) is 2.15. The zero-order valence-electron chi connectivity index (χ0n) is 12.7. The Kier molecular flexibility index (Phi) is 5.60. The third-order valence-corrected chi connectivity index (χ3v) is 3.59. The zero-order valence-corrected chi connectivity index (χ0v) is 12.7. The monoisotopic (exact) mass is 259 g/mol. The molecule has 0 aliphatic heterocycles. The molecule has 0 saturated carbocycles. The predicted molar refractivity (Wildman–Crippen MR) is 80.8 cm³/mol. The fraction of sp³-hybridized carbons (Fsp3) is 0.529. The van der Waals surface area contributed by atoms with E-state index in [0.29, 0.717) is 6.04 Å². The van der Waals surface area contributed by atoms with Gasteiger partial charge in [0.15, 0.2) is 0 Å². The predicted octanol–water partition coefficient (Wildman–Crippen LogP) is 2.90. The minimum Gasteiger partial charge on any atom is -0.384 e. The maximum atomic E-state index is 8.72. The lowest BCUT2D eigenvalue weighted by Crippen LogP contribution is -2.38. The van der Waals surface area contributed by atoms with Crippen LogP contribution in [0.3, 0.4) is 0 Å². The molecule has 19 heavy (non-hydrogen) atoms. The van der Waals surface area contributed by atoms with Crippen LogP contribution in [0.5, 0.6) is 0 Å². The van der Waals surface area contributed by atoms with Gasteiger partial charge in [-0.05, 0) is 37.1 Å². The van der Waals surface area contributed by atoms with Crippen molar-refractivity contribution in [1.82, 2.24) is 4.90 Å². The molecule has 2 heteroatoms. The van der Waals surface area contributed by atoms with Crippen LogP contribution in [0.25, 0.3) is 0 Å². The molecule has 0 spiro atoms. The van der Waals surface area contributed by atoms with Crippen LogP contribution in [0.1, 0.15) is 38.8 Å². The summed E-state index contributed by atoms with van der Waals surface area (Å²) in [6.07, 6.45) is 0. The maximum Gasteiger partial charge on any atom is 0.104 e. The second-order valence-electron chi connectivity index (χ2n) is 6.12. The van der Waals surface area contributed by atoms with E-state index in [0.717, 1.165) is 12.1 Å². The van der Waals surface area contributed by atoms with Crippen molar-refractivity contribution < 1.29 is 5.11 Å². The highest BCUT2D eigenvalue weighted by molar-refractivity contribution is 5.37. The number of hydrogen-bond donors (Lipinski definition) is 1. The lowest BCUT2D eigenvalue weighted by molar-refractivity contribution is 0.134. The molecule has 2 nitrogen and oxygen atoms in total. The molecule has 1 N–H and O–H groups in total. The normalized spacial score (nSPS) is 13.0. The van der Waals surface area contributed by atoms with Gasteiger partial charge in [-0.25, -0.2) is 0 Å². The van der Waals surface area contributed by atoms with E-state index in [-0.39, 0.29) is 12.0 Å². The number of aliphatic hydroxyl groups excluding tert-OH is 1. The minimum absolute atomic E-state index is 0.0921. The smallest absolute Gasteiger partial charge is 0.104 e. The van der Waals surface area contributed by atoms with Crippen molar-refractivity contribution in [2.75, 3.05) is 13.7 Å². The van der Waals surface area contributed by atoms with Crippen molar-refractivity contribution in [3.05, 3.63) is 35.4 Å². The Balaban J connectivity index is 2.77. The molecule has 1 atom stereocenters. The fourth-order valence-electron chi connectivity index (χ4n) is 1.98. The summed E-state index contributed by atoms with van der Waals surface area (Å²) in [4.78, 5) is 2.36. The van der Waals surface area contributed by atoms with Gasteiger partial charge in [0.25, 0.3) is 0 Å². The third kappa shape index (κ3) is 5.06. The number of nitrogens with zero attached hydrogens (tertiary/aromatic N) is 1. The van der Waals surface area contributed by atoms with Crippen LogP contribution >= 0.6 is 0 Å². The molecular formula is C17H25NO. The second kappa shape index (κ2) is 6.75. The Labute approximate surface area is 117 Å². The summed E-state index contributed by atoms with van der Waals surface area (Å²) in [5, 5.41) is 8.72. The average molecular weight is 259 g/mol. The van der Waals surface area contributed by atoms with E-state index in [4.69, 9.17) is 5.11 Å². The summed E-state index contributed by atoms with van der Waals surface area (Å²) in [6.45, 7) is 9.86. The molecule has 1 aromatic carbocycles. The molecular weight excluding hydrogens is 234 g/mol. The number of rotatable bonds is 3. The van der Waals surface area contributed by atoms with E-state index in [1.54, 1.807) is 0 Å². The van der Waals surface area contributed by atoms with Gasteiger partial charge < -0.3 is 5.11 Å². The largest absolute Gasteiger partial charge is 0.384 e. The Morgan fingerprint density at radius 2 is 2.00 bits per heavy atom. The molecule has 0 amide bonds. The van der Waals surface area contributed by atoms with Crippen LogP contribution in [0.2, 0.25) is 0 Å². The van der Waals surface area contributed by atoms with E-state index in [1.807, 2.05) is 12.1 Å². The van der Waals surface area contributed by atoms with Crippen molar-refractivity contribution >= 4 is 0 Å². The first-order valence-electron chi connectivity index (χ1n) is 6.73. The van der Waals surface area contributed by atoms with E-state index in [1.165, 1.54) is 5.56 Å². The summed E-state index contributed by atoms with van der Waals surface area (Å²) < 4.78 is 0. The quantitative estimate of drug-likeness (QED) is 0.844. The lowest BCUT2D eigenvalue weighted by atomic mass is 9.87. The van der Waals surface area contributed by atoms with Crippen molar-refractivity contribution in [2.24, 2.45) is 5.41 Å². The fourth-order valence-corrected chi connectivity index (χ4v) is 1.98. The molecule has 0 radical (unpaired) electrons. The van der Waals surface area contributed by atoms with E-state index in [9.17, 15) is 0 Å². The topological polar surface area (TPSA) is 23.5 Å². The summed E-state index contributed by atoms with van der Waals surface area (Å²) in [5.41, 5.74) is 2.48. The molecule has 0 aliphatic rings. The van der Waals surface area contributed by atoms with Gasteiger partial charge in [0.1, 0.15) is 6.61 Å². The summed E-state index contributed by atoms with van der Waals surface area (Å²) in [6, 6.07) is 8.70. The molecule has 1 rings (SSSR count). The molecule has 0 saturated heterocycles. The third-order valence-electron chi connectivity index (χ3n) is 3.59. The molecule has 104 valence electrons. The number of aliphatic hydroxyl groups is 1. The van der Waals surface area contributed by atoms with E-state index < -0.39 is 0 Å². The van der Waals surface area contributed by atoms with E-state index in [2.05, 4.69) is 63.6 Å². The van der Waals surface area contributed by atoms with Gasteiger partial charge in [0.05, 0.1) is 0 Å². The highest BCUT2D eigenvalue weighted by Crippen LogP contribution is 2.24. The number of hydrogen-bond acceptors (Lipinski definition) is 2. The minimum atomic E-state index is -0.0921. The van der Waals surface area contributed by atoms with Crippen molar-refractivity contribution in [2.45, 2.75) is 40.3 Å². The van der Waals surface area contributed by atoms with Crippen LogP contribution in [0.4, 0.5) is 0 Å². The van der Waals surface area contributed by atoms with Crippen LogP contribution in [-0.4, -0.2) is 29.7 Å². The van der Waals surface area contributed by atoms with Crippen molar-refractivity contribution in [1.29, 1.82) is 0 Å². The Bertz CT molecular complexity index is 462. The van der Waals surface area contributed by atoms with Gasteiger partial charge in [-0.3, -0.25) is 4.90 Å². The molecule has 0 aromatic heterocycles. The lowest BCUT2D eigenvalue weighted by Gasteiger charge is -2.35. The van der Waals surface area contributed by atoms with Gasteiger partial charge >= 0.3 is 0 Å². The Hall–Kier alpha value is -1.30. The standard InChI is InChI=1S/C17H25NO/c1-14(17(2,3)4)18(5)13-16-9-6-8-15(12-16)10-7-11-19/h6,8-9,12,14,19H,11,13H2,1-5H3. The van der Waals surface area contributed by atoms with Gasteiger partial charge in [-0.2, -0.15) is 0 Å². The molecule has 0 aliphatic carbocycles.